The van der Waals surface area contributed by atoms with Gasteiger partial charge < -0.3 is 11.1 Å². The van der Waals surface area contributed by atoms with Crippen molar-refractivity contribution in [3.8, 4) is 0 Å². The minimum Gasteiger partial charge on any atom is -0.370 e. The Morgan fingerprint density at radius 1 is 1.33 bits per heavy atom. The van der Waals surface area contributed by atoms with E-state index in [0.29, 0.717) is 5.96 Å². The Hall–Kier alpha value is -1.51. The maximum atomic E-state index is 5.60. The molecule has 1 aromatic rings. The fraction of sp³-hybridized carbons (Fsp3) is 0.417. The third-order valence-corrected chi connectivity index (χ3v) is 2.11. The maximum Gasteiger partial charge on any atom is 0.188 e. The Morgan fingerprint density at radius 2 is 2.07 bits per heavy atom. The molecular weight excluding hydrogens is 186 g/mol. The van der Waals surface area contributed by atoms with Gasteiger partial charge in [0.1, 0.15) is 0 Å². The molecule has 1 aromatic carbocycles. The molecule has 15 heavy (non-hydrogen) atoms. The summed E-state index contributed by atoms with van der Waals surface area (Å²) >= 11 is 0. The summed E-state index contributed by atoms with van der Waals surface area (Å²) in [6.07, 6.45) is 2.10. The lowest BCUT2D eigenvalue weighted by atomic mass is 10.1. The van der Waals surface area contributed by atoms with Crippen LogP contribution in [0.5, 0.6) is 0 Å². The minimum atomic E-state index is 0.547. The van der Waals surface area contributed by atoms with Crippen molar-refractivity contribution in [1.29, 1.82) is 0 Å². The van der Waals surface area contributed by atoms with Crippen LogP contribution in [0.15, 0.2) is 35.3 Å². The van der Waals surface area contributed by atoms with Gasteiger partial charge in [0.25, 0.3) is 0 Å². The Morgan fingerprint density at radius 3 is 2.73 bits per heavy atom. The predicted octanol–water partition coefficient (Wildman–Crippen LogP) is 1.54. The molecule has 0 atom stereocenters. The van der Waals surface area contributed by atoms with Crippen LogP contribution >= 0.6 is 0 Å². The number of guanidine groups is 1. The number of hydrogen-bond donors (Lipinski definition) is 2. The van der Waals surface area contributed by atoms with Crippen molar-refractivity contribution in [2.75, 3.05) is 13.1 Å². The average Bonchev–Trinajstić information content (AvgIpc) is 2.26. The molecule has 0 saturated carbocycles. The van der Waals surface area contributed by atoms with Gasteiger partial charge in [0.2, 0.25) is 0 Å². The monoisotopic (exact) mass is 205 g/mol. The average molecular weight is 205 g/mol. The molecule has 0 radical (unpaired) electrons. The molecular formula is C12H19N3. The van der Waals surface area contributed by atoms with E-state index in [9.17, 15) is 0 Å². The summed E-state index contributed by atoms with van der Waals surface area (Å²) in [5.74, 6) is 0.547. The summed E-state index contributed by atoms with van der Waals surface area (Å²) in [5.41, 5.74) is 6.96. The molecule has 3 N–H and O–H groups in total. The molecule has 0 saturated heterocycles. The number of benzene rings is 1. The molecule has 0 bridgehead atoms. The minimum absolute atomic E-state index is 0.547. The summed E-state index contributed by atoms with van der Waals surface area (Å²) in [5, 5.41) is 2.97. The normalized spacial score (nSPS) is 11.4. The first-order valence-corrected chi connectivity index (χ1v) is 5.40. The lowest BCUT2D eigenvalue weighted by Gasteiger charge is -2.02. The molecule has 0 amide bonds. The largest absolute Gasteiger partial charge is 0.370 e. The summed E-state index contributed by atoms with van der Waals surface area (Å²) in [4.78, 5) is 4.21. The van der Waals surface area contributed by atoms with Crippen molar-refractivity contribution < 1.29 is 0 Å². The topological polar surface area (TPSA) is 50.4 Å². The van der Waals surface area contributed by atoms with Crippen molar-refractivity contribution in [3.05, 3.63) is 35.9 Å². The summed E-state index contributed by atoms with van der Waals surface area (Å²) in [7, 11) is 0. The number of aliphatic imine (C=N–C) groups is 1. The molecule has 0 fully saturated rings. The second-order valence-electron chi connectivity index (χ2n) is 3.39. The summed E-state index contributed by atoms with van der Waals surface area (Å²) in [6, 6.07) is 10.4. The molecule has 0 aromatic heterocycles. The Labute approximate surface area is 91.4 Å². The molecule has 82 valence electrons. The van der Waals surface area contributed by atoms with Gasteiger partial charge >= 0.3 is 0 Å². The summed E-state index contributed by atoms with van der Waals surface area (Å²) < 4.78 is 0. The Balaban J connectivity index is 2.20. The van der Waals surface area contributed by atoms with Gasteiger partial charge in [0, 0.05) is 13.1 Å². The first kappa shape index (κ1) is 11.6. The van der Waals surface area contributed by atoms with Crippen LogP contribution in [-0.2, 0) is 6.42 Å². The van der Waals surface area contributed by atoms with E-state index in [1.807, 2.05) is 13.0 Å². The second kappa shape index (κ2) is 6.87. The Kier molecular flexibility index (Phi) is 5.30. The lowest BCUT2D eigenvalue weighted by Crippen LogP contribution is -2.31. The third kappa shape index (κ3) is 5.05. The van der Waals surface area contributed by atoms with Crippen molar-refractivity contribution in [2.24, 2.45) is 10.7 Å². The van der Waals surface area contributed by atoms with Gasteiger partial charge in [0.05, 0.1) is 0 Å². The van der Waals surface area contributed by atoms with Gasteiger partial charge in [-0.2, -0.15) is 0 Å². The highest BCUT2D eigenvalue weighted by Crippen LogP contribution is 2.01. The van der Waals surface area contributed by atoms with Crippen molar-refractivity contribution in [1.82, 2.24) is 5.32 Å². The van der Waals surface area contributed by atoms with E-state index in [-0.39, 0.29) is 0 Å². The zero-order valence-electron chi connectivity index (χ0n) is 9.24. The molecule has 0 heterocycles. The van der Waals surface area contributed by atoms with Gasteiger partial charge in [-0.1, -0.05) is 30.3 Å². The van der Waals surface area contributed by atoms with Crippen molar-refractivity contribution >= 4 is 5.96 Å². The fourth-order valence-corrected chi connectivity index (χ4v) is 1.36. The van der Waals surface area contributed by atoms with E-state index in [4.69, 9.17) is 5.73 Å². The number of aryl methyl sites for hydroxylation is 1. The first-order chi connectivity index (χ1) is 7.33. The highest BCUT2D eigenvalue weighted by atomic mass is 15.1. The van der Waals surface area contributed by atoms with Crippen LogP contribution in [0.2, 0.25) is 0 Å². The molecule has 0 aliphatic heterocycles. The molecule has 1 rings (SSSR count). The van der Waals surface area contributed by atoms with Crippen LogP contribution in [0.25, 0.3) is 0 Å². The predicted molar refractivity (Wildman–Crippen MR) is 64.9 cm³/mol. The van der Waals surface area contributed by atoms with E-state index in [1.165, 1.54) is 5.56 Å². The number of rotatable bonds is 5. The van der Waals surface area contributed by atoms with E-state index in [0.717, 1.165) is 25.9 Å². The van der Waals surface area contributed by atoms with Crippen LogP contribution < -0.4 is 11.1 Å². The van der Waals surface area contributed by atoms with Crippen molar-refractivity contribution in [3.63, 3.8) is 0 Å². The maximum absolute atomic E-state index is 5.60. The molecule has 0 aliphatic carbocycles. The number of hydrogen-bond acceptors (Lipinski definition) is 1. The highest BCUT2D eigenvalue weighted by Gasteiger charge is 1.91. The first-order valence-electron chi connectivity index (χ1n) is 5.40. The standard InChI is InChI=1S/C12H19N3/c1-2-14-12(13)15-10-6-9-11-7-4-3-5-8-11/h3-5,7-8H,2,6,9-10H2,1H3,(H3,13,14,15). The van der Waals surface area contributed by atoms with Crippen LogP contribution in [0.1, 0.15) is 18.9 Å². The van der Waals surface area contributed by atoms with Gasteiger partial charge in [-0.25, -0.2) is 0 Å². The SMILES string of the molecule is CCNC(N)=NCCCc1ccccc1. The molecule has 0 spiro atoms. The van der Waals surface area contributed by atoms with E-state index in [1.54, 1.807) is 0 Å². The number of nitrogens with one attached hydrogen (secondary N) is 1. The number of nitrogens with two attached hydrogens (primary N) is 1. The summed E-state index contributed by atoms with van der Waals surface area (Å²) in [6.45, 7) is 3.62. The van der Waals surface area contributed by atoms with Crippen LogP contribution in [0.3, 0.4) is 0 Å². The molecule has 3 nitrogen and oxygen atoms in total. The van der Waals surface area contributed by atoms with Gasteiger partial charge in [-0.05, 0) is 25.3 Å². The molecule has 0 aliphatic rings. The number of nitrogens with zero attached hydrogens (tertiary/aromatic N) is 1. The van der Waals surface area contributed by atoms with Crippen molar-refractivity contribution in [2.45, 2.75) is 19.8 Å². The van der Waals surface area contributed by atoms with Gasteiger partial charge in [0.15, 0.2) is 5.96 Å². The van der Waals surface area contributed by atoms with E-state index in [2.05, 4.69) is 34.6 Å². The molecule has 0 unspecified atom stereocenters. The smallest absolute Gasteiger partial charge is 0.188 e. The Bertz CT molecular complexity index is 293. The fourth-order valence-electron chi connectivity index (χ4n) is 1.36. The second-order valence-corrected chi connectivity index (χ2v) is 3.39. The third-order valence-electron chi connectivity index (χ3n) is 2.11. The van der Waals surface area contributed by atoms with Gasteiger partial charge in [-0.15, -0.1) is 0 Å². The van der Waals surface area contributed by atoms with Crippen LogP contribution in [0, 0.1) is 0 Å². The highest BCUT2D eigenvalue weighted by molar-refractivity contribution is 5.77. The lowest BCUT2D eigenvalue weighted by molar-refractivity contribution is 0.820. The zero-order valence-corrected chi connectivity index (χ0v) is 9.24. The van der Waals surface area contributed by atoms with Gasteiger partial charge in [-0.3, -0.25) is 4.99 Å². The van der Waals surface area contributed by atoms with E-state index < -0.39 is 0 Å². The quantitative estimate of drug-likeness (QED) is 0.435. The van der Waals surface area contributed by atoms with E-state index >= 15 is 0 Å². The zero-order chi connectivity index (χ0) is 10.9. The molecule has 3 heteroatoms. The van der Waals surface area contributed by atoms with Crippen LogP contribution in [0.4, 0.5) is 0 Å². The van der Waals surface area contributed by atoms with Crippen LogP contribution in [-0.4, -0.2) is 19.0 Å².